The highest BCUT2D eigenvalue weighted by Crippen LogP contribution is 2.36. The van der Waals surface area contributed by atoms with E-state index in [4.69, 9.17) is 13.9 Å². The van der Waals surface area contributed by atoms with Gasteiger partial charge in [-0.3, -0.25) is 0 Å². The van der Waals surface area contributed by atoms with Crippen LogP contribution in [0.3, 0.4) is 0 Å². The van der Waals surface area contributed by atoms with Crippen LogP contribution in [0.1, 0.15) is 48.0 Å². The van der Waals surface area contributed by atoms with Crippen molar-refractivity contribution in [2.24, 2.45) is 0 Å². The van der Waals surface area contributed by atoms with Gasteiger partial charge in [0.25, 0.3) is 0 Å². The minimum atomic E-state index is -1.69. The van der Waals surface area contributed by atoms with Crippen LogP contribution in [0.5, 0.6) is 0 Å². The molecule has 0 aliphatic heterocycles. The Kier molecular flexibility index (Phi) is 9.64. The topological polar surface area (TPSA) is 56.8 Å². The average molecular weight is 378 g/mol. The number of carbonyl (C=O) groups is 1. The van der Waals surface area contributed by atoms with Crippen molar-refractivity contribution in [1.29, 1.82) is 0 Å². The lowest BCUT2D eigenvalue weighted by Gasteiger charge is -2.36. The van der Waals surface area contributed by atoms with E-state index in [0.29, 0.717) is 13.2 Å². The first-order chi connectivity index (χ1) is 10.8. The van der Waals surface area contributed by atoms with Crippen molar-refractivity contribution in [3.8, 4) is 0 Å². The fourth-order valence-corrected chi connectivity index (χ4v) is 2.69. The van der Waals surface area contributed by atoms with Crippen LogP contribution in [0.2, 0.25) is 18.1 Å². The fraction of sp³-hybridized carbons (Fsp3) is 0.824. The Morgan fingerprint density at radius 1 is 1.12 bits per heavy atom. The Balaban J connectivity index is 3.96. The van der Waals surface area contributed by atoms with Gasteiger partial charge in [0.1, 0.15) is 18.0 Å². The normalized spacial score (nSPS) is 13.8. The molecule has 0 bridgehead atoms. The molecule has 1 N–H and O–H groups in total. The van der Waals surface area contributed by atoms with E-state index >= 15 is 0 Å². The molecule has 0 heterocycles. The summed E-state index contributed by atoms with van der Waals surface area (Å²) in [5.41, 5.74) is -0.256. The van der Waals surface area contributed by atoms with Gasteiger partial charge in [0.15, 0.2) is 8.32 Å². The number of nitrogens with one attached hydrogen (secondary N) is 1. The van der Waals surface area contributed by atoms with E-state index in [1.807, 2.05) is 20.8 Å². The fourth-order valence-electron chi connectivity index (χ4n) is 1.41. The Labute approximate surface area is 154 Å². The zero-order chi connectivity index (χ0) is 19.0. The second-order valence-corrected chi connectivity index (χ2v) is 13.3. The van der Waals surface area contributed by atoms with Crippen molar-refractivity contribution >= 4 is 26.9 Å². The van der Waals surface area contributed by atoms with Gasteiger partial charge < -0.3 is 19.2 Å². The van der Waals surface area contributed by atoms with Gasteiger partial charge in [0.05, 0.1) is 6.61 Å². The molecular formula is C17H35NO4SSi. The lowest BCUT2D eigenvalue weighted by atomic mass is 10.2. The molecule has 0 spiro atoms. The molecule has 0 aromatic rings. The van der Waals surface area contributed by atoms with Crippen LogP contribution in [0.15, 0.2) is 11.1 Å². The Bertz CT molecular complexity index is 425. The molecule has 142 valence electrons. The molecule has 0 aromatic heterocycles. The van der Waals surface area contributed by atoms with Crippen molar-refractivity contribution in [3.63, 3.8) is 0 Å². The Morgan fingerprint density at radius 3 is 2.17 bits per heavy atom. The molecule has 0 rings (SSSR count). The Morgan fingerprint density at radius 2 is 1.71 bits per heavy atom. The standard InChI is InChI=1S/C17H35NO4SSi/c1-16(2,3)22-15(19)14(12-23)18-13-20-10-9-11-21-24(7,8)17(4,5)6/h12,18,23H,9-11,13H2,1-8H3/b14-12-. The molecule has 0 aliphatic carbocycles. The van der Waals surface area contributed by atoms with Crippen molar-refractivity contribution < 1.29 is 18.7 Å². The predicted octanol–water partition coefficient (Wildman–Crippen LogP) is 4.07. The molecule has 0 unspecified atom stereocenters. The first-order valence-electron chi connectivity index (χ1n) is 8.33. The Hall–Kier alpha value is -0.503. The summed E-state index contributed by atoms with van der Waals surface area (Å²) in [4.78, 5) is 11.9. The summed E-state index contributed by atoms with van der Waals surface area (Å²) >= 11 is 4.03. The maximum Gasteiger partial charge on any atom is 0.355 e. The maximum atomic E-state index is 11.9. The monoisotopic (exact) mass is 377 g/mol. The first-order valence-corrected chi connectivity index (χ1v) is 11.8. The van der Waals surface area contributed by atoms with E-state index in [1.54, 1.807) is 0 Å². The zero-order valence-electron chi connectivity index (χ0n) is 16.5. The van der Waals surface area contributed by atoms with Crippen LogP contribution < -0.4 is 5.32 Å². The second kappa shape index (κ2) is 9.84. The number of ether oxygens (including phenoxy) is 2. The maximum absolute atomic E-state index is 11.9. The SMILES string of the molecule is CC(C)(C)OC(=O)/C(=C/S)NCOCCCO[Si](C)(C)C(C)(C)C. The first kappa shape index (κ1) is 23.5. The molecule has 0 atom stereocenters. The van der Waals surface area contributed by atoms with Crippen molar-refractivity contribution in [1.82, 2.24) is 5.32 Å². The lowest BCUT2D eigenvalue weighted by Crippen LogP contribution is -2.41. The third-order valence-corrected chi connectivity index (χ3v) is 8.61. The highest BCUT2D eigenvalue weighted by atomic mass is 32.1. The van der Waals surface area contributed by atoms with Crippen molar-refractivity contribution in [2.45, 2.75) is 71.7 Å². The number of rotatable bonds is 9. The second-order valence-electron chi connectivity index (χ2n) is 8.24. The van der Waals surface area contributed by atoms with Crippen LogP contribution in [0.4, 0.5) is 0 Å². The molecule has 0 aromatic carbocycles. The van der Waals surface area contributed by atoms with Crippen LogP contribution in [-0.4, -0.2) is 39.8 Å². The van der Waals surface area contributed by atoms with Gasteiger partial charge in [0, 0.05) is 6.61 Å². The number of hydrogen-bond acceptors (Lipinski definition) is 6. The summed E-state index contributed by atoms with van der Waals surface area (Å²) in [5, 5.41) is 4.48. The summed E-state index contributed by atoms with van der Waals surface area (Å²) in [6.45, 7) is 18.1. The van der Waals surface area contributed by atoms with Gasteiger partial charge >= 0.3 is 5.97 Å². The largest absolute Gasteiger partial charge is 0.455 e. The summed E-state index contributed by atoms with van der Waals surface area (Å²) < 4.78 is 16.8. The van der Waals surface area contributed by atoms with E-state index < -0.39 is 19.9 Å². The van der Waals surface area contributed by atoms with Gasteiger partial charge in [-0.25, -0.2) is 4.79 Å². The molecule has 5 nitrogen and oxygen atoms in total. The molecule has 0 saturated heterocycles. The highest BCUT2D eigenvalue weighted by Gasteiger charge is 2.36. The van der Waals surface area contributed by atoms with Crippen LogP contribution >= 0.6 is 12.6 Å². The summed E-state index contributed by atoms with van der Waals surface area (Å²) in [7, 11) is -1.69. The number of carbonyl (C=O) groups excluding carboxylic acids is 1. The van der Waals surface area contributed by atoms with Gasteiger partial charge in [-0.1, -0.05) is 20.8 Å². The van der Waals surface area contributed by atoms with Crippen LogP contribution in [0.25, 0.3) is 0 Å². The molecule has 7 heteroatoms. The third kappa shape index (κ3) is 9.71. The van der Waals surface area contributed by atoms with Crippen LogP contribution in [0, 0.1) is 0 Å². The minimum absolute atomic E-state index is 0.217. The molecule has 0 saturated carbocycles. The van der Waals surface area contributed by atoms with Gasteiger partial charge in [-0.15, -0.1) is 12.6 Å². The number of esters is 1. The molecule has 24 heavy (non-hydrogen) atoms. The lowest BCUT2D eigenvalue weighted by molar-refractivity contribution is -0.150. The molecule has 0 fully saturated rings. The van der Waals surface area contributed by atoms with Gasteiger partial charge in [-0.05, 0) is 50.7 Å². The summed E-state index contributed by atoms with van der Waals surface area (Å²) in [6, 6.07) is 0. The van der Waals surface area contributed by atoms with E-state index in [2.05, 4.69) is 51.8 Å². The van der Waals surface area contributed by atoms with Crippen molar-refractivity contribution in [2.75, 3.05) is 19.9 Å². The minimum Gasteiger partial charge on any atom is -0.455 e. The summed E-state index contributed by atoms with van der Waals surface area (Å²) in [6.07, 6.45) is 0.820. The van der Waals surface area contributed by atoms with E-state index in [9.17, 15) is 4.79 Å². The quantitative estimate of drug-likeness (QED) is 0.158. The van der Waals surface area contributed by atoms with Crippen molar-refractivity contribution in [3.05, 3.63) is 11.1 Å². The van der Waals surface area contributed by atoms with Gasteiger partial charge in [-0.2, -0.15) is 0 Å². The number of hydrogen-bond donors (Lipinski definition) is 2. The van der Waals surface area contributed by atoms with E-state index in [-0.39, 0.29) is 17.5 Å². The highest BCUT2D eigenvalue weighted by molar-refractivity contribution is 7.83. The molecular weight excluding hydrogens is 342 g/mol. The van der Waals surface area contributed by atoms with E-state index in [0.717, 1.165) is 6.42 Å². The summed E-state index contributed by atoms with van der Waals surface area (Å²) in [5.74, 6) is -0.442. The average Bonchev–Trinajstić information content (AvgIpc) is 2.38. The molecule has 0 radical (unpaired) electrons. The van der Waals surface area contributed by atoms with Gasteiger partial charge in [0.2, 0.25) is 0 Å². The molecule has 0 aliphatic rings. The third-order valence-electron chi connectivity index (χ3n) is 3.81. The van der Waals surface area contributed by atoms with E-state index in [1.165, 1.54) is 5.41 Å². The number of thiol groups is 1. The van der Waals surface area contributed by atoms with Crippen LogP contribution in [-0.2, 0) is 18.7 Å². The smallest absolute Gasteiger partial charge is 0.355 e. The zero-order valence-corrected chi connectivity index (χ0v) is 18.4. The molecule has 0 amide bonds. The predicted molar refractivity (Wildman–Crippen MR) is 105 cm³/mol.